The lowest BCUT2D eigenvalue weighted by Gasteiger charge is -2.08. The number of rotatable bonds is 8. The number of carbonyl (C=O) groups is 1. The maximum absolute atomic E-state index is 12.4. The Labute approximate surface area is 193 Å². The normalized spacial score (nSPS) is 11.0. The van der Waals surface area contributed by atoms with Gasteiger partial charge in [-0.3, -0.25) is 14.9 Å². The summed E-state index contributed by atoms with van der Waals surface area (Å²) >= 11 is 1.39. The summed E-state index contributed by atoms with van der Waals surface area (Å²) in [6, 6.07) is 17.5. The number of amides is 1. The number of anilines is 1. The molecule has 2 N–H and O–H groups in total. The average molecular weight is 458 g/mol. The Morgan fingerprint density at radius 1 is 1.06 bits per heavy atom. The lowest BCUT2D eigenvalue weighted by atomic mass is 10.1. The zero-order valence-corrected chi connectivity index (χ0v) is 18.2. The van der Waals surface area contributed by atoms with Crippen LogP contribution in [-0.4, -0.2) is 36.2 Å². The van der Waals surface area contributed by atoms with Crippen LogP contribution in [0.15, 0.2) is 76.7 Å². The summed E-state index contributed by atoms with van der Waals surface area (Å²) in [6.07, 6.45) is 4.03. The Balaban J connectivity index is 1.13. The van der Waals surface area contributed by atoms with Gasteiger partial charge in [-0.05, 0) is 23.6 Å². The van der Waals surface area contributed by atoms with Crippen molar-refractivity contribution in [2.45, 2.75) is 23.8 Å². The van der Waals surface area contributed by atoms with Crippen LogP contribution < -0.4 is 5.32 Å². The summed E-state index contributed by atoms with van der Waals surface area (Å²) < 4.78 is 5.29. The highest BCUT2D eigenvalue weighted by Gasteiger charge is 2.12. The number of aromatic nitrogens is 6. The summed E-state index contributed by atoms with van der Waals surface area (Å²) in [5.74, 6) is 1.94. The molecule has 1 amide bonds. The van der Waals surface area contributed by atoms with Crippen molar-refractivity contribution < 1.29 is 9.32 Å². The molecule has 3 heterocycles. The third-order valence-electron chi connectivity index (χ3n) is 4.87. The molecule has 0 aliphatic carbocycles. The lowest BCUT2D eigenvalue weighted by molar-refractivity contribution is -0.116. The number of nitrogens with zero attached hydrogens (tertiary/aromatic N) is 5. The molecule has 5 aromatic rings. The zero-order valence-electron chi connectivity index (χ0n) is 17.4. The molecule has 0 aliphatic heterocycles. The third kappa shape index (κ3) is 5.07. The second-order valence-corrected chi connectivity index (χ2v) is 8.12. The standard InChI is InChI=1S/C23H19N7O2S/c31-20(25-18-9-3-6-15-5-1-2-8-17(15)18)10-11-21-26-19(30-32-21)14-33-23-27-22(28-29-23)16-7-4-12-24-13-16/h1-9,12-13H,10-11,14H2,(H,25,31)(H,27,28,29). The van der Waals surface area contributed by atoms with E-state index in [0.717, 1.165) is 22.0 Å². The summed E-state index contributed by atoms with van der Waals surface area (Å²) in [7, 11) is 0. The molecule has 0 aliphatic rings. The van der Waals surface area contributed by atoms with Gasteiger partial charge in [0.25, 0.3) is 0 Å². The second-order valence-electron chi connectivity index (χ2n) is 7.18. The van der Waals surface area contributed by atoms with Crippen molar-refractivity contribution >= 4 is 34.1 Å². The smallest absolute Gasteiger partial charge is 0.227 e. The highest BCUT2D eigenvalue weighted by atomic mass is 32.2. The topological polar surface area (TPSA) is 122 Å². The summed E-state index contributed by atoms with van der Waals surface area (Å²) in [5.41, 5.74) is 1.65. The van der Waals surface area contributed by atoms with Crippen molar-refractivity contribution in [2.24, 2.45) is 0 Å². The van der Waals surface area contributed by atoms with Gasteiger partial charge in [0, 0.05) is 41.9 Å². The summed E-state index contributed by atoms with van der Waals surface area (Å²) in [5, 5.41) is 16.7. The van der Waals surface area contributed by atoms with Gasteiger partial charge in [0.1, 0.15) is 0 Å². The maximum Gasteiger partial charge on any atom is 0.227 e. The number of hydrogen-bond donors (Lipinski definition) is 2. The molecule has 0 radical (unpaired) electrons. The van der Waals surface area contributed by atoms with Crippen LogP contribution in [0.4, 0.5) is 5.69 Å². The van der Waals surface area contributed by atoms with Crippen LogP contribution in [0.25, 0.3) is 22.2 Å². The Kier molecular flexibility index (Phi) is 6.07. The Bertz CT molecular complexity index is 1380. The molecule has 33 heavy (non-hydrogen) atoms. The first-order chi connectivity index (χ1) is 16.2. The first kappa shape index (κ1) is 20.8. The van der Waals surface area contributed by atoms with Crippen LogP contribution in [0, 0.1) is 0 Å². The monoisotopic (exact) mass is 457 g/mol. The van der Waals surface area contributed by atoms with Gasteiger partial charge in [0.05, 0.1) is 5.75 Å². The van der Waals surface area contributed by atoms with Crippen LogP contribution >= 0.6 is 11.8 Å². The number of carbonyl (C=O) groups excluding carboxylic acids is 1. The fourth-order valence-corrected chi connectivity index (χ4v) is 3.93. The number of pyridine rings is 1. The van der Waals surface area contributed by atoms with Gasteiger partial charge in [-0.1, -0.05) is 53.3 Å². The predicted octanol–water partition coefficient (Wildman–Crippen LogP) is 4.27. The Morgan fingerprint density at radius 2 is 1.97 bits per heavy atom. The molecule has 0 saturated heterocycles. The largest absolute Gasteiger partial charge is 0.339 e. The summed E-state index contributed by atoms with van der Waals surface area (Å²) in [4.78, 5) is 25.3. The van der Waals surface area contributed by atoms with Crippen LogP contribution in [0.1, 0.15) is 18.1 Å². The third-order valence-corrected chi connectivity index (χ3v) is 5.71. The molecule has 10 heteroatoms. The molecule has 0 unspecified atom stereocenters. The fourth-order valence-electron chi connectivity index (χ4n) is 3.29. The minimum atomic E-state index is -0.107. The van der Waals surface area contributed by atoms with Crippen LogP contribution in [-0.2, 0) is 17.0 Å². The van der Waals surface area contributed by atoms with Crippen molar-refractivity contribution in [1.82, 2.24) is 30.3 Å². The van der Waals surface area contributed by atoms with Crippen LogP contribution in [0.2, 0.25) is 0 Å². The highest BCUT2D eigenvalue weighted by molar-refractivity contribution is 7.98. The number of nitrogens with one attached hydrogen (secondary N) is 2. The van der Waals surface area contributed by atoms with Crippen molar-refractivity contribution in [1.29, 1.82) is 0 Å². The van der Waals surface area contributed by atoms with E-state index in [1.807, 2.05) is 54.6 Å². The van der Waals surface area contributed by atoms with Crippen molar-refractivity contribution in [3.05, 3.63) is 78.7 Å². The quantitative estimate of drug-likeness (QED) is 0.331. The first-order valence-corrected chi connectivity index (χ1v) is 11.3. The molecule has 3 aromatic heterocycles. The lowest BCUT2D eigenvalue weighted by Crippen LogP contribution is -2.12. The molecule has 5 rings (SSSR count). The molecule has 0 spiro atoms. The molecule has 164 valence electrons. The summed E-state index contributed by atoms with van der Waals surface area (Å²) in [6.45, 7) is 0. The van der Waals surface area contributed by atoms with Gasteiger partial charge in [0.15, 0.2) is 11.6 Å². The molecule has 0 fully saturated rings. The van der Waals surface area contributed by atoms with Crippen molar-refractivity contribution in [3.8, 4) is 11.4 Å². The van der Waals surface area contributed by atoms with Gasteiger partial charge < -0.3 is 9.84 Å². The van der Waals surface area contributed by atoms with E-state index in [0.29, 0.717) is 34.9 Å². The van der Waals surface area contributed by atoms with Gasteiger partial charge in [-0.25, -0.2) is 4.98 Å². The Hall–Kier alpha value is -4.05. The number of fused-ring (bicyclic) bond motifs is 1. The minimum absolute atomic E-state index is 0.107. The van der Waals surface area contributed by atoms with Gasteiger partial charge in [-0.2, -0.15) is 4.98 Å². The number of aromatic amines is 1. The van der Waals surface area contributed by atoms with E-state index in [4.69, 9.17) is 4.52 Å². The highest BCUT2D eigenvalue weighted by Crippen LogP contribution is 2.23. The molecule has 0 bridgehead atoms. The molecule has 0 saturated carbocycles. The van der Waals surface area contributed by atoms with Gasteiger partial charge >= 0.3 is 0 Å². The predicted molar refractivity (Wildman–Crippen MR) is 124 cm³/mol. The van der Waals surface area contributed by atoms with Gasteiger partial charge in [-0.15, -0.1) is 5.10 Å². The van der Waals surface area contributed by atoms with E-state index in [-0.39, 0.29) is 12.3 Å². The van der Waals surface area contributed by atoms with E-state index in [2.05, 4.69) is 35.6 Å². The molecule has 0 atom stereocenters. The van der Waals surface area contributed by atoms with Gasteiger partial charge in [0.2, 0.25) is 17.0 Å². The van der Waals surface area contributed by atoms with E-state index >= 15 is 0 Å². The Morgan fingerprint density at radius 3 is 2.88 bits per heavy atom. The number of thioether (sulfide) groups is 1. The maximum atomic E-state index is 12.4. The number of H-pyrrole nitrogens is 1. The van der Waals surface area contributed by atoms with Crippen LogP contribution in [0.5, 0.6) is 0 Å². The molecular weight excluding hydrogens is 438 g/mol. The van der Waals surface area contributed by atoms with E-state index in [9.17, 15) is 4.79 Å². The SMILES string of the molecule is O=C(CCc1nc(CSc2n[nH]c(-c3cccnc3)n2)no1)Nc1cccc2ccccc12. The average Bonchev–Trinajstić information content (AvgIpc) is 3.52. The van der Waals surface area contributed by atoms with Crippen molar-refractivity contribution in [2.75, 3.05) is 5.32 Å². The number of benzene rings is 2. The molecular formula is C23H19N7O2S. The van der Waals surface area contributed by atoms with Crippen molar-refractivity contribution in [3.63, 3.8) is 0 Å². The second kappa shape index (κ2) is 9.61. The number of hydrogen-bond acceptors (Lipinski definition) is 8. The number of aryl methyl sites for hydroxylation is 1. The molecule has 2 aromatic carbocycles. The fraction of sp³-hybridized carbons (Fsp3) is 0.130. The molecule has 9 nitrogen and oxygen atoms in total. The van der Waals surface area contributed by atoms with E-state index < -0.39 is 0 Å². The van der Waals surface area contributed by atoms with E-state index in [1.54, 1.807) is 12.4 Å². The van der Waals surface area contributed by atoms with E-state index in [1.165, 1.54) is 11.8 Å². The minimum Gasteiger partial charge on any atom is -0.339 e. The van der Waals surface area contributed by atoms with Crippen LogP contribution in [0.3, 0.4) is 0 Å². The first-order valence-electron chi connectivity index (χ1n) is 10.3. The zero-order chi connectivity index (χ0) is 22.5.